The zero-order valence-corrected chi connectivity index (χ0v) is 7.44. The van der Waals surface area contributed by atoms with Gasteiger partial charge in [-0.05, 0) is 12.1 Å². The molecule has 0 aliphatic heterocycles. The van der Waals surface area contributed by atoms with E-state index in [1.54, 1.807) is 6.20 Å². The van der Waals surface area contributed by atoms with Crippen molar-refractivity contribution in [3.05, 3.63) is 30.5 Å². The van der Waals surface area contributed by atoms with E-state index in [1.807, 2.05) is 24.3 Å². The van der Waals surface area contributed by atoms with E-state index in [0.29, 0.717) is 5.75 Å². The van der Waals surface area contributed by atoms with Crippen LogP contribution in [0.4, 0.5) is 0 Å². The zero-order chi connectivity index (χ0) is 8.39. The molecule has 2 aromatic rings. The largest absolute Gasteiger partial charge is 0.445 e. The molecule has 4 heteroatoms. The van der Waals surface area contributed by atoms with E-state index < -0.39 is 8.69 Å². The molecule has 0 radical (unpaired) electrons. The second-order valence-electron chi connectivity index (χ2n) is 2.41. The summed E-state index contributed by atoms with van der Waals surface area (Å²) in [5.74, 6) is 0.663. The number of hydrogen-bond acceptors (Lipinski definition) is 2. The van der Waals surface area contributed by atoms with Crippen LogP contribution < -0.4 is 4.52 Å². The summed E-state index contributed by atoms with van der Waals surface area (Å²) in [5.41, 5.74) is 1.00. The Morgan fingerprint density at radius 2 is 2.17 bits per heavy atom. The number of nitrogens with one attached hydrogen (secondary N) is 1. The first-order valence-corrected chi connectivity index (χ1v) is 4.52. The van der Waals surface area contributed by atoms with E-state index in [4.69, 9.17) is 4.52 Å². The quantitative estimate of drug-likeness (QED) is 0.721. The predicted molar refractivity (Wildman–Crippen MR) is 49.3 cm³/mol. The Hall–Kier alpha value is -1.21. The van der Waals surface area contributed by atoms with Crippen molar-refractivity contribution in [3.8, 4) is 5.75 Å². The van der Waals surface area contributed by atoms with Crippen molar-refractivity contribution in [1.82, 2.24) is 4.98 Å². The van der Waals surface area contributed by atoms with Crippen LogP contribution in [0.25, 0.3) is 10.9 Å². The summed E-state index contributed by atoms with van der Waals surface area (Å²) < 4.78 is 15.2. The normalized spacial score (nSPS) is 11.3. The van der Waals surface area contributed by atoms with Gasteiger partial charge >= 0.3 is 0 Å². The molecule has 1 unspecified atom stereocenters. The summed E-state index contributed by atoms with van der Waals surface area (Å²) in [4.78, 5) is 3.02. The minimum absolute atomic E-state index is 0.663. The molecule has 3 nitrogen and oxygen atoms in total. The first-order valence-electron chi connectivity index (χ1n) is 3.58. The first kappa shape index (κ1) is 7.44. The van der Waals surface area contributed by atoms with Crippen molar-refractivity contribution in [2.75, 3.05) is 0 Å². The topological polar surface area (TPSA) is 42.1 Å². The second-order valence-corrected chi connectivity index (χ2v) is 2.84. The number of aromatic nitrogens is 1. The Bertz CT molecular complexity index is 410. The van der Waals surface area contributed by atoms with Crippen LogP contribution in [0.3, 0.4) is 0 Å². The second kappa shape index (κ2) is 3.03. The third-order valence-electron chi connectivity index (χ3n) is 1.73. The Balaban J connectivity index is 2.62. The smallest absolute Gasteiger partial charge is 0.225 e. The molecule has 1 atom stereocenters. The zero-order valence-electron chi connectivity index (χ0n) is 6.28. The minimum Gasteiger partial charge on any atom is -0.445 e. The van der Waals surface area contributed by atoms with Crippen LogP contribution >= 0.6 is 8.69 Å². The van der Waals surface area contributed by atoms with Gasteiger partial charge in [-0.15, -0.1) is 0 Å². The van der Waals surface area contributed by atoms with E-state index in [1.165, 1.54) is 0 Å². The van der Waals surface area contributed by atoms with Crippen molar-refractivity contribution in [2.45, 2.75) is 0 Å². The first-order chi connectivity index (χ1) is 5.92. The summed E-state index contributed by atoms with van der Waals surface area (Å²) in [7, 11) is -1.18. The maximum atomic E-state index is 10.3. The van der Waals surface area contributed by atoms with Gasteiger partial charge in [-0.2, -0.15) is 0 Å². The molecular weight excluding hydrogens is 173 g/mol. The molecule has 2 rings (SSSR count). The van der Waals surface area contributed by atoms with Crippen molar-refractivity contribution < 1.29 is 9.09 Å². The van der Waals surface area contributed by atoms with Gasteiger partial charge < -0.3 is 9.51 Å². The van der Waals surface area contributed by atoms with Gasteiger partial charge in [-0.3, -0.25) is 4.57 Å². The lowest BCUT2D eigenvalue weighted by molar-refractivity contribution is 0.527. The average molecular weight is 181 g/mol. The lowest BCUT2D eigenvalue weighted by Gasteiger charge is -1.93. The van der Waals surface area contributed by atoms with Gasteiger partial charge in [0.15, 0.2) is 5.75 Å². The molecule has 62 valence electrons. The highest BCUT2D eigenvalue weighted by molar-refractivity contribution is 7.17. The van der Waals surface area contributed by atoms with Crippen LogP contribution in [0.15, 0.2) is 30.5 Å². The SMILES string of the molecule is O=[PH2]Oc1c[nH]c2ccccc12. The third kappa shape index (κ3) is 1.12. The van der Waals surface area contributed by atoms with Gasteiger partial charge in [0.1, 0.15) is 0 Å². The summed E-state index contributed by atoms with van der Waals surface area (Å²) in [6.45, 7) is 0. The number of para-hydroxylation sites is 1. The van der Waals surface area contributed by atoms with Gasteiger partial charge in [0.2, 0.25) is 8.69 Å². The van der Waals surface area contributed by atoms with Crippen molar-refractivity contribution >= 4 is 19.6 Å². The van der Waals surface area contributed by atoms with Crippen LogP contribution in [0.5, 0.6) is 5.75 Å². The molecular formula is C8H8NO2P. The fraction of sp³-hybridized carbons (Fsp3) is 0. The minimum atomic E-state index is -1.18. The predicted octanol–water partition coefficient (Wildman–Crippen LogP) is 2.22. The van der Waals surface area contributed by atoms with Gasteiger partial charge in [-0.1, -0.05) is 12.1 Å². The monoisotopic (exact) mass is 181 g/mol. The molecule has 0 amide bonds. The number of fused-ring (bicyclic) bond motifs is 1. The van der Waals surface area contributed by atoms with E-state index in [0.717, 1.165) is 10.9 Å². The van der Waals surface area contributed by atoms with Crippen LogP contribution in [0, 0.1) is 0 Å². The number of hydrogen-bond donors (Lipinski definition) is 1. The number of aromatic amines is 1. The van der Waals surface area contributed by atoms with E-state index in [9.17, 15) is 4.57 Å². The average Bonchev–Trinajstić information content (AvgIpc) is 2.50. The molecule has 0 fully saturated rings. The van der Waals surface area contributed by atoms with Gasteiger partial charge in [0.25, 0.3) is 0 Å². The molecule has 1 aromatic heterocycles. The fourth-order valence-corrected chi connectivity index (χ4v) is 1.49. The van der Waals surface area contributed by atoms with E-state index in [-0.39, 0.29) is 0 Å². The molecule has 1 heterocycles. The van der Waals surface area contributed by atoms with Gasteiger partial charge in [0, 0.05) is 17.1 Å². The van der Waals surface area contributed by atoms with E-state index in [2.05, 4.69) is 4.98 Å². The Morgan fingerprint density at radius 1 is 1.33 bits per heavy atom. The fourth-order valence-electron chi connectivity index (χ4n) is 1.19. The number of benzene rings is 1. The molecule has 0 saturated carbocycles. The highest BCUT2D eigenvalue weighted by atomic mass is 31.1. The molecule has 0 saturated heterocycles. The van der Waals surface area contributed by atoms with Crippen LogP contribution in [0.1, 0.15) is 0 Å². The summed E-state index contributed by atoms with van der Waals surface area (Å²) in [6, 6.07) is 7.73. The lowest BCUT2D eigenvalue weighted by Crippen LogP contribution is -1.70. The molecule has 1 N–H and O–H groups in total. The summed E-state index contributed by atoms with van der Waals surface area (Å²) in [6.07, 6.45) is 1.72. The molecule has 1 aromatic carbocycles. The van der Waals surface area contributed by atoms with E-state index >= 15 is 0 Å². The highest BCUT2D eigenvalue weighted by Gasteiger charge is 2.01. The Kier molecular flexibility index (Phi) is 1.88. The molecule has 0 aliphatic rings. The highest BCUT2D eigenvalue weighted by Crippen LogP contribution is 2.26. The Morgan fingerprint density at radius 3 is 3.00 bits per heavy atom. The van der Waals surface area contributed by atoms with Crippen molar-refractivity contribution in [3.63, 3.8) is 0 Å². The molecule has 12 heavy (non-hydrogen) atoms. The number of H-pyrrole nitrogens is 1. The summed E-state index contributed by atoms with van der Waals surface area (Å²) >= 11 is 0. The van der Waals surface area contributed by atoms with Crippen molar-refractivity contribution in [2.24, 2.45) is 0 Å². The van der Waals surface area contributed by atoms with Gasteiger partial charge in [0.05, 0.1) is 0 Å². The maximum Gasteiger partial charge on any atom is 0.225 e. The molecule has 0 aliphatic carbocycles. The van der Waals surface area contributed by atoms with Crippen LogP contribution in [0.2, 0.25) is 0 Å². The number of rotatable bonds is 2. The standard InChI is InChI=1S/C8H8NO2P/c10-12-11-8-5-9-7-4-2-1-3-6(7)8/h1-5,9H,12H2. The third-order valence-corrected chi connectivity index (χ3v) is 2.08. The molecule has 0 spiro atoms. The Labute approximate surface area is 70.6 Å². The van der Waals surface area contributed by atoms with Gasteiger partial charge in [-0.25, -0.2) is 0 Å². The van der Waals surface area contributed by atoms with Crippen molar-refractivity contribution in [1.29, 1.82) is 0 Å². The maximum absolute atomic E-state index is 10.3. The van der Waals surface area contributed by atoms with Crippen LogP contribution in [-0.4, -0.2) is 4.98 Å². The lowest BCUT2D eigenvalue weighted by atomic mass is 10.2. The summed E-state index contributed by atoms with van der Waals surface area (Å²) in [5, 5.41) is 0.973. The van der Waals surface area contributed by atoms with Crippen LogP contribution in [-0.2, 0) is 4.57 Å². The molecule has 0 bridgehead atoms.